The molecule has 4 bridgehead atoms. The van der Waals surface area contributed by atoms with Gasteiger partial charge < -0.3 is 4.74 Å². The van der Waals surface area contributed by atoms with Crippen LogP contribution in [0.25, 0.3) is 0 Å². The van der Waals surface area contributed by atoms with Crippen LogP contribution in [0.2, 0.25) is 0 Å². The van der Waals surface area contributed by atoms with Gasteiger partial charge in [0.15, 0.2) is 6.17 Å². The minimum absolute atomic E-state index is 0.124. The van der Waals surface area contributed by atoms with Crippen molar-refractivity contribution >= 4 is 11.4 Å². The van der Waals surface area contributed by atoms with Gasteiger partial charge in [-0.1, -0.05) is 13.8 Å². The molecule has 0 saturated heterocycles. The Balaban J connectivity index is 1.29. The van der Waals surface area contributed by atoms with Crippen LogP contribution >= 0.6 is 0 Å². The molecule has 0 radical (unpaired) electrons. The largest absolute Gasteiger partial charge is 0.381 e. The highest BCUT2D eigenvalue weighted by Gasteiger charge is 2.61. The number of ether oxygens (including phenoxy) is 1. The number of nitrogens with zero attached hydrogens (tertiary/aromatic N) is 3. The predicted molar refractivity (Wildman–Crippen MR) is 101 cm³/mol. The maximum atomic E-state index is 5.64. The van der Waals surface area contributed by atoms with Gasteiger partial charge in [0.05, 0.1) is 17.5 Å². The zero-order valence-electron chi connectivity index (χ0n) is 16.2. The standard InChI is InChI=1S/C21H33N3O/c1-12-5-16-17(7-18(12)25-4)23-19(22-16)11-24(3)21-8-13(2)20-14(9-21)6-15(20)10-21/h12-15,18-20H,5-11H2,1-4H3. The highest BCUT2D eigenvalue weighted by molar-refractivity contribution is 6.44. The van der Waals surface area contributed by atoms with Gasteiger partial charge in [-0.2, -0.15) is 0 Å². The molecule has 7 aliphatic rings. The van der Waals surface area contributed by atoms with Gasteiger partial charge in [0.1, 0.15) is 0 Å². The van der Waals surface area contributed by atoms with Crippen molar-refractivity contribution in [3.05, 3.63) is 0 Å². The number of rotatable bonds is 4. The highest BCUT2D eigenvalue weighted by Crippen LogP contribution is 2.65. The summed E-state index contributed by atoms with van der Waals surface area (Å²) in [7, 11) is 4.18. The van der Waals surface area contributed by atoms with Crippen LogP contribution in [-0.2, 0) is 4.74 Å². The Labute approximate surface area is 152 Å². The lowest BCUT2D eigenvalue weighted by Gasteiger charge is -2.67. The molecule has 138 valence electrons. The van der Waals surface area contributed by atoms with Gasteiger partial charge >= 0.3 is 0 Å². The molecule has 0 spiro atoms. The van der Waals surface area contributed by atoms with E-state index in [9.17, 15) is 0 Å². The fourth-order valence-corrected chi connectivity index (χ4v) is 7.23. The van der Waals surface area contributed by atoms with Gasteiger partial charge in [0, 0.05) is 25.6 Å². The molecule has 0 aromatic heterocycles. The van der Waals surface area contributed by atoms with E-state index < -0.39 is 0 Å². The second-order valence-electron chi connectivity index (χ2n) is 9.82. The molecule has 6 aliphatic carbocycles. The number of aliphatic imine (C=N–C) groups is 2. The van der Waals surface area contributed by atoms with Crippen LogP contribution in [0, 0.1) is 29.6 Å². The number of hydrogen-bond donors (Lipinski definition) is 0. The van der Waals surface area contributed by atoms with Crippen LogP contribution in [0.4, 0.5) is 0 Å². The molecule has 0 aromatic carbocycles. The lowest BCUT2D eigenvalue weighted by Crippen LogP contribution is -2.66. The Bertz CT molecular complexity index is 601. The molecular weight excluding hydrogens is 310 g/mol. The molecule has 0 aromatic rings. The first kappa shape index (κ1) is 16.4. The quantitative estimate of drug-likeness (QED) is 0.784. The van der Waals surface area contributed by atoms with Crippen LogP contribution < -0.4 is 0 Å². The van der Waals surface area contributed by atoms with E-state index in [4.69, 9.17) is 14.7 Å². The molecule has 25 heavy (non-hydrogen) atoms. The van der Waals surface area contributed by atoms with Crippen molar-refractivity contribution in [2.24, 2.45) is 39.6 Å². The van der Waals surface area contributed by atoms with Crippen LogP contribution in [0.1, 0.15) is 52.4 Å². The summed E-state index contributed by atoms with van der Waals surface area (Å²) in [6, 6.07) is 0. The van der Waals surface area contributed by atoms with Crippen molar-refractivity contribution < 1.29 is 4.74 Å². The van der Waals surface area contributed by atoms with Gasteiger partial charge in [0.25, 0.3) is 0 Å². The van der Waals surface area contributed by atoms with E-state index >= 15 is 0 Å². The fraction of sp³-hybridized carbons (Fsp3) is 0.905. The minimum Gasteiger partial charge on any atom is -0.381 e. The normalized spacial score (nSPS) is 50.4. The fourth-order valence-electron chi connectivity index (χ4n) is 7.23. The molecule has 0 amide bonds. The third-order valence-electron chi connectivity index (χ3n) is 8.37. The van der Waals surface area contributed by atoms with E-state index in [1.54, 1.807) is 0 Å². The number of hydrogen-bond acceptors (Lipinski definition) is 4. The monoisotopic (exact) mass is 343 g/mol. The van der Waals surface area contributed by atoms with Crippen LogP contribution in [-0.4, -0.2) is 54.8 Å². The molecule has 6 fully saturated rings. The average molecular weight is 344 g/mol. The maximum Gasteiger partial charge on any atom is 0.152 e. The Kier molecular flexibility index (Phi) is 3.70. The second-order valence-corrected chi connectivity index (χ2v) is 9.82. The Hall–Kier alpha value is -0.740. The molecule has 1 aliphatic heterocycles. The van der Waals surface area contributed by atoms with Gasteiger partial charge in [0.2, 0.25) is 0 Å². The zero-order valence-corrected chi connectivity index (χ0v) is 16.2. The van der Waals surface area contributed by atoms with Crippen molar-refractivity contribution in [1.82, 2.24) is 4.90 Å². The van der Waals surface area contributed by atoms with Crippen LogP contribution in [0.5, 0.6) is 0 Å². The van der Waals surface area contributed by atoms with Gasteiger partial charge in [-0.3, -0.25) is 14.9 Å². The van der Waals surface area contributed by atoms with Crippen LogP contribution in [0.3, 0.4) is 0 Å². The number of methoxy groups -OCH3 is 1. The third kappa shape index (κ3) is 2.39. The Morgan fingerprint density at radius 3 is 2.36 bits per heavy atom. The smallest absolute Gasteiger partial charge is 0.152 e. The zero-order chi connectivity index (χ0) is 17.3. The van der Waals surface area contributed by atoms with Gasteiger partial charge in [-0.05, 0) is 68.7 Å². The predicted octanol–water partition coefficient (Wildman–Crippen LogP) is 3.41. The first-order valence-electron chi connectivity index (χ1n) is 10.4. The molecule has 0 N–H and O–H groups in total. The molecule has 6 saturated carbocycles. The molecule has 4 nitrogen and oxygen atoms in total. The van der Waals surface area contributed by atoms with E-state index in [0.29, 0.717) is 17.6 Å². The van der Waals surface area contributed by atoms with Crippen molar-refractivity contribution in [2.75, 3.05) is 20.7 Å². The second kappa shape index (κ2) is 5.63. The molecule has 6 atom stereocenters. The first-order valence-corrected chi connectivity index (χ1v) is 10.4. The van der Waals surface area contributed by atoms with Crippen molar-refractivity contribution in [2.45, 2.75) is 70.2 Å². The minimum atomic E-state index is 0.124. The van der Waals surface area contributed by atoms with E-state index in [2.05, 4.69) is 25.8 Å². The number of fused-ring (bicyclic) bond motifs is 2. The Morgan fingerprint density at radius 1 is 1.04 bits per heavy atom. The summed E-state index contributed by atoms with van der Waals surface area (Å²) in [5.41, 5.74) is 2.93. The first-order chi connectivity index (χ1) is 12.0. The van der Waals surface area contributed by atoms with E-state index in [1.165, 1.54) is 37.1 Å². The maximum absolute atomic E-state index is 5.64. The van der Waals surface area contributed by atoms with E-state index in [0.717, 1.165) is 43.1 Å². The SMILES string of the molecule is COC1CC2=NC(CN(C)C34CC(C)C5C(CC5C3)C4)N=C2CC1C. The van der Waals surface area contributed by atoms with Crippen molar-refractivity contribution in [3.8, 4) is 0 Å². The van der Waals surface area contributed by atoms with Gasteiger partial charge in [-0.15, -0.1) is 0 Å². The average Bonchev–Trinajstić information content (AvgIpc) is 2.94. The third-order valence-corrected chi connectivity index (χ3v) is 8.37. The van der Waals surface area contributed by atoms with Crippen LogP contribution in [0.15, 0.2) is 9.98 Å². The lowest BCUT2D eigenvalue weighted by molar-refractivity contribution is -0.166. The summed E-state index contributed by atoms with van der Waals surface area (Å²) in [5.74, 6) is 4.55. The summed E-state index contributed by atoms with van der Waals surface area (Å²) in [5, 5.41) is 0. The Morgan fingerprint density at radius 2 is 1.72 bits per heavy atom. The number of likely N-dealkylation sites (N-methyl/N-ethyl adjacent to an activating group) is 1. The lowest BCUT2D eigenvalue weighted by atomic mass is 9.42. The summed E-state index contributed by atoms with van der Waals surface area (Å²) < 4.78 is 5.64. The summed E-state index contributed by atoms with van der Waals surface area (Å²) in [6.45, 7) is 5.78. The van der Waals surface area contributed by atoms with E-state index in [1.807, 2.05) is 7.11 Å². The molecule has 7 rings (SSSR count). The molecular formula is C21H33N3O. The molecule has 4 heteroatoms. The van der Waals surface area contributed by atoms with Crippen molar-refractivity contribution in [3.63, 3.8) is 0 Å². The van der Waals surface area contributed by atoms with Crippen molar-refractivity contribution in [1.29, 1.82) is 0 Å². The molecule has 1 heterocycles. The van der Waals surface area contributed by atoms with Gasteiger partial charge in [-0.25, -0.2) is 0 Å². The summed E-state index contributed by atoms with van der Waals surface area (Å²) in [4.78, 5) is 12.7. The summed E-state index contributed by atoms with van der Waals surface area (Å²) >= 11 is 0. The molecule has 6 unspecified atom stereocenters. The summed E-state index contributed by atoms with van der Waals surface area (Å²) in [6.07, 6.45) is 8.18. The topological polar surface area (TPSA) is 37.2 Å². The van der Waals surface area contributed by atoms with E-state index in [-0.39, 0.29) is 6.17 Å². The highest BCUT2D eigenvalue weighted by atomic mass is 16.5.